The summed E-state index contributed by atoms with van der Waals surface area (Å²) in [7, 11) is -4.54. The molecule has 3 N–H and O–H groups in total. The maximum atomic E-state index is 14.8. The number of fused-ring (bicyclic) bond motifs is 6. The molecule has 1 aliphatic rings. The van der Waals surface area contributed by atoms with Gasteiger partial charge in [-0.1, -0.05) is 23.2 Å². The maximum Gasteiger partial charge on any atom is 0.265 e. The van der Waals surface area contributed by atoms with E-state index in [-0.39, 0.29) is 27.2 Å². The van der Waals surface area contributed by atoms with Crippen molar-refractivity contribution >= 4 is 60.7 Å². The second-order valence-electron chi connectivity index (χ2n) is 7.50. The normalized spacial score (nSPS) is 17.3. The number of amides is 1. The van der Waals surface area contributed by atoms with Crippen molar-refractivity contribution in [1.82, 2.24) is 5.32 Å². The topological polar surface area (TPSA) is 105 Å². The number of nitrogens with one attached hydrogen (secondary N) is 2. The van der Waals surface area contributed by atoms with E-state index in [1.807, 2.05) is 0 Å². The Morgan fingerprint density at radius 1 is 1.15 bits per heavy atom. The number of hydrogen-bond donors (Lipinski definition) is 3. The zero-order chi connectivity index (χ0) is 24.8. The molecule has 1 atom stereocenters. The van der Waals surface area contributed by atoms with Crippen molar-refractivity contribution in [3.05, 3.63) is 68.4 Å². The molecule has 12 heteroatoms. The lowest BCUT2D eigenvalue weighted by Crippen LogP contribution is -2.33. The monoisotopic (exact) mass is 588 g/mol. The molecule has 0 radical (unpaired) electrons. The van der Waals surface area contributed by atoms with Crippen LogP contribution in [-0.4, -0.2) is 32.1 Å². The number of hydrogen-bond acceptors (Lipinski definition) is 5. The van der Waals surface area contributed by atoms with Gasteiger partial charge in [0.25, 0.3) is 15.9 Å². The first-order chi connectivity index (χ1) is 16.0. The van der Waals surface area contributed by atoms with Gasteiger partial charge in [0.15, 0.2) is 0 Å². The van der Waals surface area contributed by atoms with Gasteiger partial charge in [0.1, 0.15) is 28.3 Å². The number of carbonyl (C=O) groups excluding carboxylic acids is 1. The van der Waals surface area contributed by atoms with Crippen molar-refractivity contribution in [2.24, 2.45) is 0 Å². The molecule has 178 valence electrons. The maximum absolute atomic E-state index is 14.8. The molecule has 0 saturated carbocycles. The number of halogens is 4. The van der Waals surface area contributed by atoms with E-state index in [1.54, 1.807) is 25.1 Å². The number of sulfonamides is 1. The Morgan fingerprint density at radius 2 is 1.88 bits per heavy atom. The quantitative estimate of drug-likeness (QED) is 0.317. The molecule has 0 fully saturated rings. The summed E-state index contributed by atoms with van der Waals surface area (Å²) in [6.45, 7) is 1.79. The Bertz CT molecular complexity index is 1440. The number of ether oxygens (including phenoxy) is 1. The first kappa shape index (κ1) is 24.6. The SMILES string of the molecule is C[C@H]1CNC(=O)c2cc(Br)c(O)c(c2)S(=O)(=O)Nc2cc(c(Cl)cc2F)-c2cc(Cl)ccc2O1. The minimum Gasteiger partial charge on any atom is -0.505 e. The molecule has 3 aromatic carbocycles. The van der Waals surface area contributed by atoms with Crippen molar-refractivity contribution in [1.29, 1.82) is 0 Å². The van der Waals surface area contributed by atoms with Crippen LogP contribution in [0.3, 0.4) is 0 Å². The summed E-state index contributed by atoms with van der Waals surface area (Å²) in [4.78, 5) is 12.1. The molecule has 4 bridgehead atoms. The zero-order valence-corrected chi connectivity index (χ0v) is 21.2. The van der Waals surface area contributed by atoms with Gasteiger partial charge >= 0.3 is 0 Å². The number of phenols is 1. The Hall–Kier alpha value is -2.53. The minimum atomic E-state index is -4.54. The van der Waals surface area contributed by atoms with Crippen LogP contribution in [0.1, 0.15) is 17.3 Å². The third-order valence-corrected chi connectivity index (χ3v) is 7.52. The van der Waals surface area contributed by atoms with Gasteiger partial charge in [-0.15, -0.1) is 0 Å². The van der Waals surface area contributed by atoms with Crippen molar-refractivity contribution in [2.45, 2.75) is 17.9 Å². The van der Waals surface area contributed by atoms with E-state index >= 15 is 0 Å². The number of anilines is 1. The summed E-state index contributed by atoms with van der Waals surface area (Å²) in [6.07, 6.45) is -0.519. The Balaban J connectivity index is 1.97. The van der Waals surface area contributed by atoms with Crippen molar-refractivity contribution in [3.63, 3.8) is 0 Å². The van der Waals surface area contributed by atoms with E-state index in [9.17, 15) is 22.7 Å². The number of rotatable bonds is 0. The van der Waals surface area contributed by atoms with Crippen LogP contribution >= 0.6 is 39.1 Å². The predicted octanol–water partition coefficient (Wildman–Crippen LogP) is 5.58. The average molecular weight is 590 g/mol. The summed E-state index contributed by atoms with van der Waals surface area (Å²) >= 11 is 15.5. The van der Waals surface area contributed by atoms with E-state index in [4.69, 9.17) is 27.9 Å². The van der Waals surface area contributed by atoms with Crippen LogP contribution in [0.4, 0.5) is 10.1 Å². The van der Waals surface area contributed by atoms with Gasteiger partial charge in [-0.05, 0) is 65.3 Å². The van der Waals surface area contributed by atoms with Crippen molar-refractivity contribution in [2.75, 3.05) is 11.3 Å². The second kappa shape index (κ2) is 9.26. The fraction of sp³-hybridized carbons (Fsp3) is 0.136. The average Bonchev–Trinajstić information content (AvgIpc) is 2.76. The Kier molecular flexibility index (Phi) is 6.69. The molecule has 1 heterocycles. The van der Waals surface area contributed by atoms with Gasteiger partial charge in [-0.25, -0.2) is 12.8 Å². The van der Waals surface area contributed by atoms with E-state index in [0.29, 0.717) is 16.3 Å². The molecule has 1 amide bonds. The van der Waals surface area contributed by atoms with E-state index in [1.165, 1.54) is 12.1 Å². The largest absolute Gasteiger partial charge is 0.505 e. The molecule has 0 spiro atoms. The smallest absolute Gasteiger partial charge is 0.265 e. The second-order valence-corrected chi connectivity index (χ2v) is 10.8. The molecule has 7 nitrogen and oxygen atoms in total. The van der Waals surface area contributed by atoms with E-state index in [2.05, 4.69) is 26.0 Å². The van der Waals surface area contributed by atoms with Gasteiger partial charge in [-0.3, -0.25) is 9.52 Å². The van der Waals surface area contributed by atoms with Crippen LogP contribution in [0.25, 0.3) is 11.1 Å². The van der Waals surface area contributed by atoms with Crippen LogP contribution in [0.2, 0.25) is 10.0 Å². The van der Waals surface area contributed by atoms with Crippen LogP contribution in [0.15, 0.2) is 51.8 Å². The Labute approximate surface area is 213 Å². The summed E-state index contributed by atoms with van der Waals surface area (Å²) < 4.78 is 49.1. The third-order valence-electron chi connectivity index (χ3n) is 4.99. The van der Waals surface area contributed by atoms with Crippen molar-refractivity contribution in [3.8, 4) is 22.6 Å². The first-order valence-corrected chi connectivity index (χ1v) is 12.8. The highest BCUT2D eigenvalue weighted by Gasteiger charge is 2.26. The lowest BCUT2D eigenvalue weighted by Gasteiger charge is -2.19. The van der Waals surface area contributed by atoms with Gasteiger partial charge in [-0.2, -0.15) is 0 Å². The Morgan fingerprint density at radius 3 is 2.62 bits per heavy atom. The van der Waals surface area contributed by atoms with Crippen LogP contribution < -0.4 is 14.8 Å². The lowest BCUT2D eigenvalue weighted by atomic mass is 10.0. The molecule has 0 aliphatic carbocycles. The minimum absolute atomic E-state index is 0.00886. The highest BCUT2D eigenvalue weighted by molar-refractivity contribution is 9.10. The molecule has 0 aromatic heterocycles. The highest BCUT2D eigenvalue weighted by Crippen LogP contribution is 2.41. The first-order valence-electron chi connectivity index (χ1n) is 9.75. The molecule has 0 saturated heterocycles. The zero-order valence-electron chi connectivity index (χ0n) is 17.3. The van der Waals surface area contributed by atoms with E-state index < -0.39 is 44.2 Å². The molecule has 3 aromatic rings. The number of phenolic OH excluding ortho intramolecular Hbond substituents is 1. The molecular formula is C22H16BrCl2FN2O5S. The third kappa shape index (κ3) is 4.81. The summed E-state index contributed by atoms with van der Waals surface area (Å²) in [5.41, 5.74) is 0.163. The van der Waals surface area contributed by atoms with Crippen molar-refractivity contribution < 1.29 is 27.4 Å². The molecule has 4 rings (SSSR count). The predicted molar refractivity (Wildman–Crippen MR) is 131 cm³/mol. The number of benzene rings is 3. The van der Waals surface area contributed by atoms with Gasteiger partial charge in [0.2, 0.25) is 0 Å². The highest BCUT2D eigenvalue weighted by atomic mass is 79.9. The lowest BCUT2D eigenvalue weighted by molar-refractivity contribution is 0.0932. The standard InChI is InChI=1S/C22H16BrCl2FN2O5S/c1-10-9-27-22(30)11-4-15(23)21(29)20(5-11)34(31,32)28-18-7-13(16(25)8-17(18)26)14-6-12(24)2-3-19(14)33-10/h2-8,10,28-29H,9H2,1H3,(H,27,30)/t10-/m0/s1. The van der Waals surface area contributed by atoms with Gasteiger partial charge < -0.3 is 15.2 Å². The van der Waals surface area contributed by atoms with Crippen LogP contribution in [0.5, 0.6) is 11.5 Å². The summed E-state index contributed by atoms with van der Waals surface area (Å²) in [5, 5.41) is 13.4. The number of aromatic hydroxyl groups is 1. The molecule has 34 heavy (non-hydrogen) atoms. The van der Waals surface area contributed by atoms with Crippen LogP contribution in [-0.2, 0) is 10.0 Å². The number of carbonyl (C=O) groups is 1. The molecular weight excluding hydrogens is 574 g/mol. The van der Waals surface area contributed by atoms with E-state index in [0.717, 1.165) is 12.1 Å². The molecule has 1 aliphatic heterocycles. The van der Waals surface area contributed by atoms with Gasteiger partial charge in [0, 0.05) is 21.7 Å². The summed E-state index contributed by atoms with van der Waals surface area (Å²) in [5.74, 6) is -1.86. The van der Waals surface area contributed by atoms with Crippen LogP contribution in [0, 0.1) is 5.82 Å². The fourth-order valence-electron chi connectivity index (χ4n) is 3.36. The fourth-order valence-corrected chi connectivity index (χ4v) is 5.57. The molecule has 0 unspecified atom stereocenters. The van der Waals surface area contributed by atoms with Gasteiger partial charge in [0.05, 0.1) is 21.7 Å². The summed E-state index contributed by atoms with van der Waals surface area (Å²) in [6, 6.07) is 9.15.